The van der Waals surface area contributed by atoms with Crippen molar-refractivity contribution < 1.29 is 9.53 Å². The van der Waals surface area contributed by atoms with E-state index in [1.54, 1.807) is 0 Å². The number of nitrogens with one attached hydrogen (secondary N) is 1. The van der Waals surface area contributed by atoms with Crippen LogP contribution >= 0.6 is 0 Å². The molecule has 0 radical (unpaired) electrons. The Labute approximate surface area is 97.3 Å². The SMILES string of the molecule is CN(C(=O)NC1CCCCC1)C1CCOC1. The van der Waals surface area contributed by atoms with E-state index in [4.69, 9.17) is 4.74 Å². The average Bonchev–Trinajstić information content (AvgIpc) is 2.83. The van der Waals surface area contributed by atoms with E-state index in [9.17, 15) is 4.79 Å². The van der Waals surface area contributed by atoms with E-state index in [0.717, 1.165) is 25.9 Å². The molecule has 16 heavy (non-hydrogen) atoms. The first kappa shape index (κ1) is 11.7. The van der Waals surface area contributed by atoms with Crippen LogP contribution in [0.5, 0.6) is 0 Å². The zero-order valence-corrected chi connectivity index (χ0v) is 10.1. The Morgan fingerprint density at radius 2 is 2.00 bits per heavy atom. The predicted octanol–water partition coefficient (Wildman–Crippen LogP) is 1.75. The Morgan fingerprint density at radius 3 is 2.62 bits per heavy atom. The van der Waals surface area contributed by atoms with Gasteiger partial charge in [-0.25, -0.2) is 4.79 Å². The van der Waals surface area contributed by atoms with Crippen molar-refractivity contribution in [3.8, 4) is 0 Å². The second kappa shape index (κ2) is 5.53. The summed E-state index contributed by atoms with van der Waals surface area (Å²) >= 11 is 0. The Bertz CT molecular complexity index is 233. The molecule has 1 unspecified atom stereocenters. The Hall–Kier alpha value is -0.770. The van der Waals surface area contributed by atoms with E-state index in [1.165, 1.54) is 19.3 Å². The topological polar surface area (TPSA) is 41.6 Å². The number of carbonyl (C=O) groups excluding carboxylic acids is 1. The molecular formula is C12H22N2O2. The van der Waals surface area contributed by atoms with Crippen LogP contribution in [0.3, 0.4) is 0 Å². The molecule has 1 aliphatic carbocycles. The van der Waals surface area contributed by atoms with Crippen molar-refractivity contribution in [1.29, 1.82) is 0 Å². The van der Waals surface area contributed by atoms with Crippen LogP contribution in [-0.4, -0.2) is 43.3 Å². The van der Waals surface area contributed by atoms with Crippen molar-refractivity contribution in [1.82, 2.24) is 10.2 Å². The number of likely N-dealkylation sites (N-methyl/N-ethyl adjacent to an activating group) is 1. The number of carbonyl (C=O) groups is 1. The van der Waals surface area contributed by atoms with E-state index in [0.29, 0.717) is 12.6 Å². The van der Waals surface area contributed by atoms with Gasteiger partial charge < -0.3 is 15.0 Å². The molecule has 2 fully saturated rings. The minimum absolute atomic E-state index is 0.0717. The van der Waals surface area contributed by atoms with Gasteiger partial charge in [-0.3, -0.25) is 0 Å². The summed E-state index contributed by atoms with van der Waals surface area (Å²) in [5.41, 5.74) is 0. The molecule has 4 heteroatoms. The van der Waals surface area contributed by atoms with Gasteiger partial charge in [0.25, 0.3) is 0 Å². The van der Waals surface area contributed by atoms with E-state index < -0.39 is 0 Å². The lowest BCUT2D eigenvalue weighted by Gasteiger charge is -2.28. The molecule has 4 nitrogen and oxygen atoms in total. The van der Waals surface area contributed by atoms with Gasteiger partial charge in [-0.2, -0.15) is 0 Å². The highest BCUT2D eigenvalue weighted by molar-refractivity contribution is 5.74. The van der Waals surface area contributed by atoms with Crippen molar-refractivity contribution in [3.63, 3.8) is 0 Å². The van der Waals surface area contributed by atoms with Crippen LogP contribution in [0.25, 0.3) is 0 Å². The van der Waals surface area contributed by atoms with E-state index in [-0.39, 0.29) is 12.1 Å². The summed E-state index contributed by atoms with van der Waals surface area (Å²) in [6.07, 6.45) is 7.07. The van der Waals surface area contributed by atoms with Crippen molar-refractivity contribution in [2.75, 3.05) is 20.3 Å². The van der Waals surface area contributed by atoms with Gasteiger partial charge in [-0.15, -0.1) is 0 Å². The van der Waals surface area contributed by atoms with Gasteiger partial charge in [-0.05, 0) is 19.3 Å². The number of ether oxygens (including phenoxy) is 1. The van der Waals surface area contributed by atoms with Crippen LogP contribution < -0.4 is 5.32 Å². The molecule has 0 aromatic rings. The monoisotopic (exact) mass is 226 g/mol. The maximum atomic E-state index is 12.0. The van der Waals surface area contributed by atoms with Gasteiger partial charge in [0.1, 0.15) is 0 Å². The highest BCUT2D eigenvalue weighted by atomic mass is 16.5. The third-order valence-corrected chi connectivity index (χ3v) is 3.71. The summed E-state index contributed by atoms with van der Waals surface area (Å²) in [6, 6.07) is 0.733. The Balaban J connectivity index is 1.77. The summed E-state index contributed by atoms with van der Waals surface area (Å²) < 4.78 is 5.30. The second-order valence-corrected chi connectivity index (χ2v) is 4.91. The molecule has 2 amide bonds. The van der Waals surface area contributed by atoms with Gasteiger partial charge in [0.2, 0.25) is 0 Å². The maximum Gasteiger partial charge on any atom is 0.317 e. The number of amides is 2. The number of nitrogens with zero attached hydrogens (tertiary/aromatic N) is 1. The van der Waals surface area contributed by atoms with Gasteiger partial charge in [0.05, 0.1) is 12.6 Å². The summed E-state index contributed by atoms with van der Waals surface area (Å²) in [6.45, 7) is 1.47. The summed E-state index contributed by atoms with van der Waals surface area (Å²) in [5.74, 6) is 0. The first-order chi connectivity index (χ1) is 7.77. The Morgan fingerprint density at radius 1 is 1.25 bits per heavy atom. The molecule has 0 aromatic carbocycles. The van der Waals surface area contributed by atoms with Crippen LogP contribution in [0.15, 0.2) is 0 Å². The van der Waals surface area contributed by atoms with Gasteiger partial charge >= 0.3 is 6.03 Å². The number of urea groups is 1. The summed E-state index contributed by atoms with van der Waals surface area (Å²) in [5, 5.41) is 3.13. The van der Waals surface area contributed by atoms with Crippen LogP contribution in [0.2, 0.25) is 0 Å². The van der Waals surface area contributed by atoms with Gasteiger partial charge in [-0.1, -0.05) is 19.3 Å². The number of rotatable bonds is 2. The fourth-order valence-electron chi connectivity index (χ4n) is 2.52. The lowest BCUT2D eigenvalue weighted by Crippen LogP contribution is -2.48. The smallest absolute Gasteiger partial charge is 0.317 e. The summed E-state index contributed by atoms with van der Waals surface area (Å²) in [7, 11) is 1.87. The van der Waals surface area contributed by atoms with E-state index in [2.05, 4.69) is 5.32 Å². The molecule has 1 N–H and O–H groups in total. The number of hydrogen-bond acceptors (Lipinski definition) is 2. The fraction of sp³-hybridized carbons (Fsp3) is 0.917. The molecule has 1 saturated heterocycles. The quantitative estimate of drug-likeness (QED) is 0.779. The molecule has 2 aliphatic rings. The van der Waals surface area contributed by atoms with Crippen LogP contribution in [-0.2, 0) is 4.74 Å². The zero-order chi connectivity index (χ0) is 11.4. The fourth-order valence-corrected chi connectivity index (χ4v) is 2.52. The van der Waals surface area contributed by atoms with Crippen LogP contribution in [0.4, 0.5) is 4.79 Å². The second-order valence-electron chi connectivity index (χ2n) is 4.91. The van der Waals surface area contributed by atoms with Crippen LogP contribution in [0, 0.1) is 0 Å². The maximum absolute atomic E-state index is 12.0. The molecule has 1 heterocycles. The normalized spacial score (nSPS) is 26.7. The lowest BCUT2D eigenvalue weighted by molar-refractivity contribution is 0.155. The van der Waals surface area contributed by atoms with Gasteiger partial charge in [0, 0.05) is 19.7 Å². The minimum atomic E-state index is 0.0717. The number of hydrogen-bond donors (Lipinski definition) is 1. The van der Waals surface area contributed by atoms with Crippen molar-refractivity contribution in [3.05, 3.63) is 0 Å². The lowest BCUT2D eigenvalue weighted by atomic mass is 9.96. The molecule has 0 aromatic heterocycles. The van der Waals surface area contributed by atoms with Gasteiger partial charge in [0.15, 0.2) is 0 Å². The average molecular weight is 226 g/mol. The molecule has 1 aliphatic heterocycles. The first-order valence-electron chi connectivity index (χ1n) is 6.38. The zero-order valence-electron chi connectivity index (χ0n) is 10.1. The third kappa shape index (κ3) is 2.88. The molecule has 92 valence electrons. The highest BCUT2D eigenvalue weighted by Gasteiger charge is 2.25. The largest absolute Gasteiger partial charge is 0.379 e. The molecular weight excluding hydrogens is 204 g/mol. The predicted molar refractivity (Wildman–Crippen MR) is 62.4 cm³/mol. The van der Waals surface area contributed by atoms with E-state index in [1.807, 2.05) is 11.9 Å². The highest BCUT2D eigenvalue weighted by Crippen LogP contribution is 2.18. The molecule has 2 rings (SSSR count). The van der Waals surface area contributed by atoms with Crippen molar-refractivity contribution >= 4 is 6.03 Å². The van der Waals surface area contributed by atoms with Crippen LogP contribution in [0.1, 0.15) is 38.5 Å². The third-order valence-electron chi connectivity index (χ3n) is 3.71. The van der Waals surface area contributed by atoms with Crippen molar-refractivity contribution in [2.24, 2.45) is 0 Å². The molecule has 0 bridgehead atoms. The first-order valence-corrected chi connectivity index (χ1v) is 6.38. The summed E-state index contributed by atoms with van der Waals surface area (Å²) in [4.78, 5) is 13.8. The molecule has 1 atom stereocenters. The molecule has 1 saturated carbocycles. The van der Waals surface area contributed by atoms with Crippen molar-refractivity contribution in [2.45, 2.75) is 50.6 Å². The Kier molecular flexibility index (Phi) is 4.04. The standard InChI is InChI=1S/C12H22N2O2/c1-14(11-7-8-16-9-11)12(15)13-10-5-3-2-4-6-10/h10-11H,2-9H2,1H3,(H,13,15). The van der Waals surface area contributed by atoms with E-state index >= 15 is 0 Å². The molecule has 0 spiro atoms. The minimum Gasteiger partial charge on any atom is -0.379 e.